The van der Waals surface area contributed by atoms with E-state index in [1.54, 1.807) is 0 Å². The lowest BCUT2D eigenvalue weighted by Crippen LogP contribution is -2.42. The van der Waals surface area contributed by atoms with E-state index in [9.17, 15) is 0 Å². The maximum atomic E-state index is 6.06. The van der Waals surface area contributed by atoms with Crippen molar-refractivity contribution in [2.24, 2.45) is 16.6 Å². The first-order valence-corrected chi connectivity index (χ1v) is 7.25. The third kappa shape index (κ3) is 4.27. The minimum atomic E-state index is 0.722. The molecule has 0 amide bonds. The predicted molar refractivity (Wildman–Crippen MR) is 81.3 cm³/mol. The van der Waals surface area contributed by atoms with Gasteiger partial charge < -0.3 is 10.6 Å². The third-order valence-electron chi connectivity index (χ3n) is 3.86. The highest BCUT2D eigenvalue weighted by Crippen LogP contribution is 2.15. The topological polar surface area (TPSA) is 41.6 Å². The summed E-state index contributed by atoms with van der Waals surface area (Å²) in [7, 11) is 0. The molecule has 0 aliphatic carbocycles. The van der Waals surface area contributed by atoms with Gasteiger partial charge in [-0.15, -0.1) is 0 Å². The van der Waals surface area contributed by atoms with Gasteiger partial charge in [-0.25, -0.2) is 0 Å². The van der Waals surface area contributed by atoms with Crippen LogP contribution >= 0.6 is 0 Å². The number of hydrogen-bond acceptors (Lipinski definition) is 1. The summed E-state index contributed by atoms with van der Waals surface area (Å²) >= 11 is 0. The fourth-order valence-corrected chi connectivity index (χ4v) is 2.50. The number of piperidine rings is 1. The van der Waals surface area contributed by atoms with Gasteiger partial charge in [0.2, 0.25) is 0 Å². The van der Waals surface area contributed by atoms with Gasteiger partial charge in [0.05, 0.1) is 0 Å². The Hall–Kier alpha value is -1.51. The Balaban J connectivity index is 1.81. The highest BCUT2D eigenvalue weighted by atomic mass is 15.3. The molecule has 3 heteroatoms. The van der Waals surface area contributed by atoms with E-state index >= 15 is 0 Å². The summed E-state index contributed by atoms with van der Waals surface area (Å²) in [6, 6.07) is 8.59. The Kier molecular flexibility index (Phi) is 4.83. The normalized spacial score (nSPS) is 17.8. The van der Waals surface area contributed by atoms with Crippen molar-refractivity contribution in [1.82, 2.24) is 4.90 Å². The molecule has 3 nitrogen and oxygen atoms in total. The average molecular weight is 259 g/mol. The fraction of sp³-hybridized carbons (Fsp3) is 0.562. The number of aryl methyl sites for hydroxylation is 1. The van der Waals surface area contributed by atoms with Crippen LogP contribution in [0.5, 0.6) is 0 Å². The molecule has 1 heterocycles. The van der Waals surface area contributed by atoms with Gasteiger partial charge in [-0.1, -0.05) is 36.8 Å². The Bertz CT molecular complexity index is 431. The van der Waals surface area contributed by atoms with E-state index in [0.29, 0.717) is 0 Å². The highest BCUT2D eigenvalue weighted by Gasteiger charge is 2.16. The SMILES string of the molecule is Cc1cccc(CCN=C(N)N2CCC(C)CC2)c1. The van der Waals surface area contributed by atoms with Crippen molar-refractivity contribution in [3.63, 3.8) is 0 Å². The average Bonchev–Trinajstić information content (AvgIpc) is 2.39. The lowest BCUT2D eigenvalue weighted by atomic mass is 10.00. The number of rotatable bonds is 3. The largest absolute Gasteiger partial charge is 0.370 e. The van der Waals surface area contributed by atoms with Gasteiger partial charge in [-0.3, -0.25) is 4.99 Å². The fourth-order valence-electron chi connectivity index (χ4n) is 2.50. The van der Waals surface area contributed by atoms with Gasteiger partial charge in [0.15, 0.2) is 5.96 Å². The molecule has 1 saturated heterocycles. The van der Waals surface area contributed by atoms with Crippen LogP contribution in [0.2, 0.25) is 0 Å². The zero-order valence-electron chi connectivity index (χ0n) is 12.1. The van der Waals surface area contributed by atoms with Crippen LogP contribution < -0.4 is 5.73 Å². The van der Waals surface area contributed by atoms with Gasteiger partial charge >= 0.3 is 0 Å². The molecule has 0 radical (unpaired) electrons. The second kappa shape index (κ2) is 6.60. The maximum Gasteiger partial charge on any atom is 0.191 e. The molecule has 1 fully saturated rings. The summed E-state index contributed by atoms with van der Waals surface area (Å²) in [5, 5.41) is 0. The number of benzene rings is 1. The molecular weight excluding hydrogens is 234 g/mol. The number of likely N-dealkylation sites (tertiary alicyclic amines) is 1. The molecule has 1 aromatic carbocycles. The predicted octanol–water partition coefficient (Wildman–Crippen LogP) is 2.58. The summed E-state index contributed by atoms with van der Waals surface area (Å²) in [6.07, 6.45) is 3.43. The molecule has 0 unspecified atom stereocenters. The zero-order chi connectivity index (χ0) is 13.7. The molecule has 1 aliphatic rings. The second-order valence-electron chi connectivity index (χ2n) is 5.65. The van der Waals surface area contributed by atoms with Crippen LogP contribution in [0.1, 0.15) is 30.9 Å². The number of guanidine groups is 1. The van der Waals surface area contributed by atoms with Gasteiger partial charge in [0.1, 0.15) is 0 Å². The van der Waals surface area contributed by atoms with Crippen LogP contribution in [-0.2, 0) is 6.42 Å². The van der Waals surface area contributed by atoms with E-state index in [0.717, 1.165) is 37.9 Å². The van der Waals surface area contributed by atoms with Crippen molar-refractivity contribution in [3.8, 4) is 0 Å². The van der Waals surface area contributed by atoms with Gasteiger partial charge in [-0.2, -0.15) is 0 Å². The van der Waals surface area contributed by atoms with Gasteiger partial charge in [0.25, 0.3) is 0 Å². The van der Waals surface area contributed by atoms with Crippen molar-refractivity contribution < 1.29 is 0 Å². The number of hydrogen-bond donors (Lipinski definition) is 1. The zero-order valence-corrected chi connectivity index (χ0v) is 12.1. The van der Waals surface area contributed by atoms with Crippen LogP contribution in [0.4, 0.5) is 0 Å². The van der Waals surface area contributed by atoms with Crippen molar-refractivity contribution in [2.45, 2.75) is 33.1 Å². The first kappa shape index (κ1) is 13.9. The standard InChI is InChI=1S/C16H25N3/c1-13-7-10-19(11-8-13)16(17)18-9-6-15-5-3-4-14(2)12-15/h3-5,12-13H,6-11H2,1-2H3,(H2,17,18). The molecule has 0 aromatic heterocycles. The molecule has 104 valence electrons. The number of nitrogens with zero attached hydrogens (tertiary/aromatic N) is 2. The van der Waals surface area contributed by atoms with E-state index in [1.165, 1.54) is 24.0 Å². The van der Waals surface area contributed by atoms with Crippen LogP contribution in [0, 0.1) is 12.8 Å². The molecule has 2 rings (SSSR count). The number of aliphatic imine (C=N–C) groups is 1. The van der Waals surface area contributed by atoms with Crippen LogP contribution in [0.15, 0.2) is 29.3 Å². The summed E-state index contributed by atoms with van der Waals surface area (Å²) < 4.78 is 0. The van der Waals surface area contributed by atoms with E-state index in [2.05, 4.69) is 48.0 Å². The summed E-state index contributed by atoms with van der Waals surface area (Å²) in [6.45, 7) is 7.32. The van der Waals surface area contributed by atoms with Crippen molar-refractivity contribution >= 4 is 5.96 Å². The Labute approximate surface area is 116 Å². The molecule has 0 spiro atoms. The van der Waals surface area contributed by atoms with E-state index in [-0.39, 0.29) is 0 Å². The van der Waals surface area contributed by atoms with E-state index in [4.69, 9.17) is 5.73 Å². The Morgan fingerprint density at radius 3 is 2.79 bits per heavy atom. The Morgan fingerprint density at radius 1 is 1.37 bits per heavy atom. The van der Waals surface area contributed by atoms with Crippen LogP contribution in [-0.4, -0.2) is 30.5 Å². The summed E-state index contributed by atoms with van der Waals surface area (Å²) in [4.78, 5) is 6.74. The quantitative estimate of drug-likeness (QED) is 0.669. The molecule has 19 heavy (non-hydrogen) atoms. The molecule has 0 bridgehead atoms. The monoisotopic (exact) mass is 259 g/mol. The lowest BCUT2D eigenvalue weighted by molar-refractivity contribution is 0.277. The first-order valence-electron chi connectivity index (χ1n) is 7.25. The number of nitrogens with two attached hydrogens (primary N) is 1. The minimum Gasteiger partial charge on any atom is -0.370 e. The smallest absolute Gasteiger partial charge is 0.191 e. The Morgan fingerprint density at radius 2 is 2.11 bits per heavy atom. The van der Waals surface area contributed by atoms with E-state index < -0.39 is 0 Å². The molecule has 0 atom stereocenters. The summed E-state index contributed by atoms with van der Waals surface area (Å²) in [5.41, 5.74) is 8.71. The molecule has 1 aliphatic heterocycles. The second-order valence-corrected chi connectivity index (χ2v) is 5.65. The highest BCUT2D eigenvalue weighted by molar-refractivity contribution is 5.78. The summed E-state index contributed by atoms with van der Waals surface area (Å²) in [5.74, 6) is 1.55. The molecule has 1 aromatic rings. The van der Waals surface area contributed by atoms with Gasteiger partial charge in [0, 0.05) is 19.6 Å². The first-order chi connectivity index (χ1) is 9.15. The van der Waals surface area contributed by atoms with Crippen molar-refractivity contribution in [1.29, 1.82) is 0 Å². The van der Waals surface area contributed by atoms with E-state index in [1.807, 2.05) is 0 Å². The minimum absolute atomic E-state index is 0.722. The lowest BCUT2D eigenvalue weighted by Gasteiger charge is -2.31. The van der Waals surface area contributed by atoms with Crippen LogP contribution in [0.25, 0.3) is 0 Å². The van der Waals surface area contributed by atoms with Crippen LogP contribution in [0.3, 0.4) is 0 Å². The molecule has 0 saturated carbocycles. The van der Waals surface area contributed by atoms with Crippen molar-refractivity contribution in [2.75, 3.05) is 19.6 Å². The van der Waals surface area contributed by atoms with Crippen molar-refractivity contribution in [3.05, 3.63) is 35.4 Å². The van der Waals surface area contributed by atoms with Gasteiger partial charge in [-0.05, 0) is 37.7 Å². The molecule has 2 N–H and O–H groups in total. The third-order valence-corrected chi connectivity index (χ3v) is 3.86. The molecular formula is C16H25N3. The maximum absolute atomic E-state index is 6.06.